The molecule has 1 aliphatic carbocycles. The fraction of sp³-hybridized carbons (Fsp3) is 0.423. The fourth-order valence-electron chi connectivity index (χ4n) is 4.88. The Balaban J connectivity index is 1.50. The fourth-order valence-corrected chi connectivity index (χ4v) is 4.88. The highest BCUT2D eigenvalue weighted by molar-refractivity contribution is 6.01. The van der Waals surface area contributed by atoms with Gasteiger partial charge in [-0.05, 0) is 74.4 Å². The van der Waals surface area contributed by atoms with Crippen molar-refractivity contribution in [3.63, 3.8) is 0 Å². The Kier molecular flexibility index (Phi) is 5.34. The lowest BCUT2D eigenvalue weighted by Gasteiger charge is -2.29. The van der Waals surface area contributed by atoms with Crippen LogP contribution in [-0.2, 0) is 6.42 Å². The second kappa shape index (κ2) is 8.27. The number of aryl methyl sites for hydroxylation is 1. The molecule has 1 unspecified atom stereocenters. The maximum Gasteiger partial charge on any atom is 0.154 e. The lowest BCUT2D eigenvalue weighted by molar-refractivity contribution is 0.315. The zero-order valence-electron chi connectivity index (χ0n) is 18.0. The molecule has 0 radical (unpaired) electrons. The summed E-state index contributed by atoms with van der Waals surface area (Å²) in [5.74, 6) is 1.88. The van der Waals surface area contributed by atoms with E-state index in [0.717, 1.165) is 29.5 Å². The summed E-state index contributed by atoms with van der Waals surface area (Å²) < 4.78 is 0. The molecule has 0 amide bonds. The number of fused-ring (bicyclic) bond motifs is 1. The molecule has 4 heteroatoms. The zero-order valence-corrected chi connectivity index (χ0v) is 18.0. The molecule has 4 nitrogen and oxygen atoms in total. The molecule has 1 aromatic heterocycles. The average molecular weight is 401 g/mol. The van der Waals surface area contributed by atoms with E-state index in [2.05, 4.69) is 58.7 Å². The Morgan fingerprint density at radius 3 is 2.73 bits per heavy atom. The molecular weight excluding hydrogens is 368 g/mol. The largest absolute Gasteiger partial charge is 0.345 e. The first-order chi connectivity index (χ1) is 14.7. The first kappa shape index (κ1) is 19.4. The predicted molar refractivity (Wildman–Crippen MR) is 126 cm³/mol. The van der Waals surface area contributed by atoms with Crippen molar-refractivity contribution in [2.75, 3.05) is 18.5 Å². The zero-order chi connectivity index (χ0) is 20.5. The van der Waals surface area contributed by atoms with Gasteiger partial charge >= 0.3 is 0 Å². The smallest absolute Gasteiger partial charge is 0.154 e. The third-order valence-electron chi connectivity index (χ3n) is 6.98. The highest BCUT2D eigenvalue weighted by atomic mass is 15.2. The van der Waals surface area contributed by atoms with Crippen LogP contribution in [0.3, 0.4) is 0 Å². The highest BCUT2D eigenvalue weighted by Crippen LogP contribution is 2.39. The van der Waals surface area contributed by atoms with Crippen LogP contribution in [0.2, 0.25) is 0 Å². The van der Waals surface area contributed by atoms with Crippen molar-refractivity contribution in [3.05, 3.63) is 66.1 Å². The van der Waals surface area contributed by atoms with E-state index in [1.165, 1.54) is 61.8 Å². The number of nitrogens with zero attached hydrogens (tertiary/aromatic N) is 3. The minimum Gasteiger partial charge on any atom is -0.345 e. The number of H-pyrrole nitrogens is 1. The van der Waals surface area contributed by atoms with Crippen molar-refractivity contribution < 1.29 is 0 Å². The Labute approximate surface area is 180 Å². The summed E-state index contributed by atoms with van der Waals surface area (Å²) in [7, 11) is 2.26. The van der Waals surface area contributed by atoms with Crippen LogP contribution in [0.25, 0.3) is 5.57 Å². The molecule has 1 saturated heterocycles. The minimum absolute atomic E-state index is 0.578. The maximum absolute atomic E-state index is 4.70. The second-order valence-corrected chi connectivity index (χ2v) is 9.05. The third-order valence-corrected chi connectivity index (χ3v) is 6.98. The van der Waals surface area contributed by atoms with E-state index in [9.17, 15) is 0 Å². The van der Waals surface area contributed by atoms with Gasteiger partial charge < -0.3 is 14.8 Å². The summed E-state index contributed by atoms with van der Waals surface area (Å²) in [6.07, 6.45) is 14.8. The van der Waals surface area contributed by atoms with Gasteiger partial charge in [0.1, 0.15) is 0 Å². The molecule has 2 fully saturated rings. The van der Waals surface area contributed by atoms with E-state index in [-0.39, 0.29) is 0 Å². The van der Waals surface area contributed by atoms with Gasteiger partial charge in [0.2, 0.25) is 0 Å². The predicted octanol–water partition coefficient (Wildman–Crippen LogP) is 5.92. The first-order valence-corrected chi connectivity index (χ1v) is 11.4. The van der Waals surface area contributed by atoms with Crippen LogP contribution in [-0.4, -0.2) is 35.7 Å². The third kappa shape index (κ3) is 3.89. The summed E-state index contributed by atoms with van der Waals surface area (Å²) in [5, 5.41) is 0. The van der Waals surface area contributed by atoms with Crippen LogP contribution < -0.4 is 4.90 Å². The Hall–Kier alpha value is -2.59. The van der Waals surface area contributed by atoms with E-state index in [1.54, 1.807) is 0 Å². The van der Waals surface area contributed by atoms with E-state index in [4.69, 9.17) is 4.99 Å². The molecule has 2 aliphatic heterocycles. The number of anilines is 1. The second-order valence-electron chi connectivity index (χ2n) is 9.05. The molecule has 5 rings (SSSR count). The summed E-state index contributed by atoms with van der Waals surface area (Å²) in [5.41, 5.74) is 6.33. The average Bonchev–Trinajstić information content (AvgIpc) is 3.33. The number of allylic oxidation sites excluding steroid dienone is 1. The van der Waals surface area contributed by atoms with Crippen molar-refractivity contribution in [2.24, 2.45) is 10.9 Å². The first-order valence-electron chi connectivity index (χ1n) is 11.4. The maximum atomic E-state index is 4.70. The minimum atomic E-state index is 0.578. The number of benzene rings is 1. The normalized spacial score (nSPS) is 23.0. The van der Waals surface area contributed by atoms with Crippen molar-refractivity contribution >= 4 is 23.3 Å². The van der Waals surface area contributed by atoms with E-state index in [0.29, 0.717) is 6.04 Å². The Morgan fingerprint density at radius 2 is 2.03 bits per heavy atom. The van der Waals surface area contributed by atoms with Crippen molar-refractivity contribution in [2.45, 2.75) is 51.0 Å². The van der Waals surface area contributed by atoms with Gasteiger partial charge in [-0.2, -0.15) is 0 Å². The number of hydrogen-bond donors (Lipinski definition) is 1. The number of aromatic nitrogens is 1. The van der Waals surface area contributed by atoms with E-state index < -0.39 is 0 Å². The number of hydrogen-bond acceptors (Lipinski definition) is 3. The molecular formula is C26H32N4. The quantitative estimate of drug-likeness (QED) is 0.626. The summed E-state index contributed by atoms with van der Waals surface area (Å²) in [6, 6.07) is 12.0. The molecule has 1 N–H and O–H groups in total. The van der Waals surface area contributed by atoms with E-state index >= 15 is 0 Å². The molecule has 1 aromatic carbocycles. The van der Waals surface area contributed by atoms with Crippen molar-refractivity contribution in [1.29, 1.82) is 0 Å². The topological polar surface area (TPSA) is 34.6 Å². The van der Waals surface area contributed by atoms with Gasteiger partial charge in [0, 0.05) is 18.4 Å². The summed E-state index contributed by atoms with van der Waals surface area (Å²) in [6.45, 7) is 5.29. The van der Waals surface area contributed by atoms with Crippen LogP contribution in [0.5, 0.6) is 0 Å². The molecule has 30 heavy (non-hydrogen) atoms. The number of aliphatic imine (C=N–C) groups is 1. The SMILES string of the molecule is C=CN1/C(=C(\CC2CCCN2C)c2ccc(CCC3CC3)cc2)C=Nc2[nH]ccc21. The molecule has 3 aliphatic rings. The van der Waals surface area contributed by atoms with Gasteiger partial charge in [0.15, 0.2) is 5.82 Å². The number of aromatic amines is 1. The standard InChI is InChI=1S/C26H32N4/c1-3-30-24-14-15-27-26(24)28-18-25(30)23(17-22-5-4-16-29(22)2)21-12-10-20(11-13-21)9-8-19-6-7-19/h3,10-15,18-19,22,27H,1,4-9,16-17H2,2H3/b25-23+. The molecule has 1 saturated carbocycles. The van der Waals surface area contributed by atoms with Gasteiger partial charge in [0.05, 0.1) is 17.6 Å². The molecule has 2 aromatic rings. The van der Waals surface area contributed by atoms with Crippen LogP contribution in [0.15, 0.2) is 60.0 Å². The molecule has 0 spiro atoms. The van der Waals surface area contributed by atoms with Crippen molar-refractivity contribution in [3.8, 4) is 0 Å². The van der Waals surface area contributed by atoms with Gasteiger partial charge in [0.25, 0.3) is 0 Å². The van der Waals surface area contributed by atoms with Crippen molar-refractivity contribution in [1.82, 2.24) is 9.88 Å². The van der Waals surface area contributed by atoms with Gasteiger partial charge in [-0.1, -0.05) is 43.7 Å². The molecule has 1 atom stereocenters. The van der Waals surface area contributed by atoms with Gasteiger partial charge in [-0.15, -0.1) is 0 Å². The highest BCUT2D eigenvalue weighted by Gasteiger charge is 2.27. The number of rotatable bonds is 7. The van der Waals surface area contributed by atoms with Crippen LogP contribution in [0.1, 0.15) is 49.7 Å². The van der Waals surface area contributed by atoms with Crippen LogP contribution >= 0.6 is 0 Å². The van der Waals surface area contributed by atoms with Gasteiger partial charge in [-0.25, -0.2) is 4.99 Å². The molecule has 156 valence electrons. The monoisotopic (exact) mass is 400 g/mol. The Bertz CT molecular complexity index is 961. The number of nitrogens with one attached hydrogen (secondary N) is 1. The lowest BCUT2D eigenvalue weighted by Crippen LogP contribution is -2.27. The lowest BCUT2D eigenvalue weighted by atomic mass is 9.93. The molecule has 0 bridgehead atoms. The number of likely N-dealkylation sites (tertiary alicyclic amines) is 1. The van der Waals surface area contributed by atoms with Gasteiger partial charge in [-0.3, -0.25) is 0 Å². The van der Waals surface area contributed by atoms with Crippen LogP contribution in [0.4, 0.5) is 11.5 Å². The van der Waals surface area contributed by atoms with Crippen LogP contribution in [0, 0.1) is 5.92 Å². The summed E-state index contributed by atoms with van der Waals surface area (Å²) in [4.78, 5) is 12.6. The summed E-state index contributed by atoms with van der Waals surface area (Å²) >= 11 is 0. The molecule has 3 heterocycles. The Morgan fingerprint density at radius 1 is 1.20 bits per heavy atom. The van der Waals surface area contributed by atoms with E-state index in [1.807, 2.05) is 18.6 Å².